The molecule has 0 saturated carbocycles. The number of hydrogen-bond acceptors (Lipinski definition) is 3. The number of carbonyl (C=O) groups excluding carboxylic acids is 1. The number of aldehydes is 1. The predicted molar refractivity (Wildman–Crippen MR) is 69.1 cm³/mol. The van der Waals surface area contributed by atoms with Gasteiger partial charge in [0.2, 0.25) is 5.28 Å². The van der Waals surface area contributed by atoms with Crippen molar-refractivity contribution in [2.24, 2.45) is 5.92 Å². The predicted octanol–water partition coefficient (Wildman–Crippen LogP) is 3.46. The number of hydrogen-bond donors (Lipinski definition) is 0. The summed E-state index contributed by atoms with van der Waals surface area (Å²) in [5.41, 5.74) is 0.845. The molecule has 3 nitrogen and oxygen atoms in total. The average molecular weight is 255 g/mol. The maximum Gasteiger partial charge on any atom is 0.222 e. The van der Waals surface area contributed by atoms with Crippen LogP contribution >= 0.6 is 11.6 Å². The number of carbonyl (C=O) groups is 1. The molecule has 94 valence electrons. The van der Waals surface area contributed by atoms with E-state index in [0.29, 0.717) is 6.42 Å². The number of halogens is 1. The third kappa shape index (κ3) is 5.78. The lowest BCUT2D eigenvalue weighted by Gasteiger charge is -2.09. The van der Waals surface area contributed by atoms with E-state index in [1.165, 1.54) is 19.3 Å². The van der Waals surface area contributed by atoms with Crippen LogP contribution in [0.2, 0.25) is 5.28 Å². The van der Waals surface area contributed by atoms with Gasteiger partial charge in [0.05, 0.1) is 0 Å². The lowest BCUT2D eigenvalue weighted by Crippen LogP contribution is -2.08. The van der Waals surface area contributed by atoms with Crippen molar-refractivity contribution < 1.29 is 4.79 Å². The van der Waals surface area contributed by atoms with Crippen molar-refractivity contribution in [2.75, 3.05) is 0 Å². The van der Waals surface area contributed by atoms with E-state index in [0.717, 1.165) is 24.8 Å². The molecule has 0 bridgehead atoms. The van der Waals surface area contributed by atoms with Crippen LogP contribution in [0, 0.1) is 5.92 Å². The highest BCUT2D eigenvalue weighted by atomic mass is 35.5. The Morgan fingerprint density at radius 2 is 2.24 bits per heavy atom. The van der Waals surface area contributed by atoms with E-state index in [9.17, 15) is 4.79 Å². The normalized spacial score (nSPS) is 12.4. The zero-order valence-electron chi connectivity index (χ0n) is 10.2. The Balaban J connectivity index is 2.38. The first-order chi connectivity index (χ1) is 8.26. The SMILES string of the molecule is CCCCCC[C@H](C=O)Cc1ccnc(Cl)n1. The highest BCUT2D eigenvalue weighted by molar-refractivity contribution is 6.28. The Kier molecular flexibility index (Phi) is 6.78. The summed E-state index contributed by atoms with van der Waals surface area (Å²) in [5.74, 6) is 0.0535. The van der Waals surface area contributed by atoms with E-state index in [2.05, 4.69) is 16.9 Å². The maximum absolute atomic E-state index is 11.0. The lowest BCUT2D eigenvalue weighted by molar-refractivity contribution is -0.111. The minimum atomic E-state index is 0.0535. The fourth-order valence-electron chi connectivity index (χ4n) is 1.80. The van der Waals surface area contributed by atoms with Gasteiger partial charge in [-0.25, -0.2) is 9.97 Å². The van der Waals surface area contributed by atoms with Crippen molar-refractivity contribution in [3.05, 3.63) is 23.2 Å². The maximum atomic E-state index is 11.0. The highest BCUT2D eigenvalue weighted by Gasteiger charge is 2.09. The highest BCUT2D eigenvalue weighted by Crippen LogP contribution is 2.14. The van der Waals surface area contributed by atoms with Crippen LogP contribution in [0.4, 0.5) is 0 Å². The molecule has 0 aliphatic rings. The molecule has 17 heavy (non-hydrogen) atoms. The molecule has 0 unspecified atom stereocenters. The third-order valence-corrected chi connectivity index (χ3v) is 2.96. The second-order valence-corrected chi connectivity index (χ2v) is 4.60. The smallest absolute Gasteiger partial charge is 0.222 e. The molecule has 1 aromatic rings. The summed E-state index contributed by atoms with van der Waals surface area (Å²) in [4.78, 5) is 18.9. The van der Waals surface area contributed by atoms with E-state index in [1.807, 2.05) is 6.07 Å². The summed E-state index contributed by atoms with van der Waals surface area (Å²) in [5, 5.41) is 0.248. The first-order valence-corrected chi connectivity index (χ1v) is 6.56. The van der Waals surface area contributed by atoms with Crippen LogP contribution in [0.1, 0.15) is 44.7 Å². The molecule has 1 heterocycles. The lowest BCUT2D eigenvalue weighted by atomic mass is 9.97. The van der Waals surface area contributed by atoms with Crippen LogP contribution in [-0.4, -0.2) is 16.3 Å². The standard InChI is InChI=1S/C13H19ClN2O/c1-2-3-4-5-6-11(10-17)9-12-7-8-15-13(14)16-12/h7-8,10-11H,2-6,9H2,1H3/t11-/m0/s1. The fraction of sp³-hybridized carbons (Fsp3) is 0.615. The van der Waals surface area contributed by atoms with Gasteiger partial charge in [-0.3, -0.25) is 0 Å². The third-order valence-electron chi connectivity index (χ3n) is 2.78. The number of rotatable bonds is 8. The Hall–Kier alpha value is -0.960. The zero-order chi connectivity index (χ0) is 12.5. The number of unbranched alkanes of at least 4 members (excludes halogenated alkanes) is 3. The van der Waals surface area contributed by atoms with Crippen molar-refractivity contribution in [3.8, 4) is 0 Å². The Labute approximate surface area is 108 Å². The first-order valence-electron chi connectivity index (χ1n) is 6.19. The van der Waals surface area contributed by atoms with Gasteiger partial charge in [0, 0.05) is 17.8 Å². The largest absolute Gasteiger partial charge is 0.303 e. The number of aromatic nitrogens is 2. The summed E-state index contributed by atoms with van der Waals surface area (Å²) in [6, 6.07) is 1.81. The molecule has 0 amide bonds. The van der Waals surface area contributed by atoms with Crippen molar-refractivity contribution in [1.82, 2.24) is 9.97 Å². The van der Waals surface area contributed by atoms with Crippen molar-refractivity contribution >= 4 is 17.9 Å². The molecule has 0 N–H and O–H groups in total. The van der Waals surface area contributed by atoms with Crippen LogP contribution in [0.3, 0.4) is 0 Å². The Morgan fingerprint density at radius 3 is 2.88 bits per heavy atom. The van der Waals surface area contributed by atoms with Gasteiger partial charge in [0.15, 0.2) is 0 Å². The molecule has 0 aliphatic heterocycles. The van der Waals surface area contributed by atoms with Gasteiger partial charge in [0.1, 0.15) is 6.29 Å². The Bertz CT molecular complexity index is 344. The minimum absolute atomic E-state index is 0.0535. The van der Waals surface area contributed by atoms with E-state index in [-0.39, 0.29) is 11.2 Å². The van der Waals surface area contributed by atoms with Gasteiger partial charge in [-0.1, -0.05) is 32.6 Å². The first kappa shape index (κ1) is 14.1. The number of nitrogens with zero attached hydrogens (tertiary/aromatic N) is 2. The monoisotopic (exact) mass is 254 g/mol. The molecule has 0 saturated heterocycles. The van der Waals surface area contributed by atoms with Crippen LogP contribution in [0.5, 0.6) is 0 Å². The summed E-state index contributed by atoms with van der Waals surface area (Å²) in [7, 11) is 0. The molecule has 0 spiro atoms. The molecule has 0 aromatic carbocycles. The molecular weight excluding hydrogens is 236 g/mol. The molecule has 1 rings (SSSR count). The second-order valence-electron chi connectivity index (χ2n) is 4.27. The minimum Gasteiger partial charge on any atom is -0.303 e. The van der Waals surface area contributed by atoms with E-state index >= 15 is 0 Å². The van der Waals surface area contributed by atoms with E-state index in [4.69, 9.17) is 11.6 Å². The summed E-state index contributed by atoms with van der Waals surface area (Å²) < 4.78 is 0. The molecular formula is C13H19ClN2O. The van der Waals surface area contributed by atoms with Crippen LogP contribution < -0.4 is 0 Å². The molecule has 1 atom stereocenters. The van der Waals surface area contributed by atoms with Gasteiger partial charge in [-0.15, -0.1) is 0 Å². The van der Waals surface area contributed by atoms with Crippen LogP contribution in [0.25, 0.3) is 0 Å². The molecule has 4 heteroatoms. The quantitative estimate of drug-likeness (QED) is 0.405. The van der Waals surface area contributed by atoms with E-state index < -0.39 is 0 Å². The van der Waals surface area contributed by atoms with Gasteiger partial charge in [0.25, 0.3) is 0 Å². The fourth-order valence-corrected chi connectivity index (χ4v) is 1.97. The summed E-state index contributed by atoms with van der Waals surface area (Å²) >= 11 is 5.71. The van der Waals surface area contributed by atoms with Crippen LogP contribution in [-0.2, 0) is 11.2 Å². The van der Waals surface area contributed by atoms with Gasteiger partial charge >= 0.3 is 0 Å². The molecule has 0 fully saturated rings. The van der Waals surface area contributed by atoms with Crippen molar-refractivity contribution in [2.45, 2.75) is 45.4 Å². The molecule has 1 aromatic heterocycles. The van der Waals surface area contributed by atoms with Gasteiger partial charge in [-0.2, -0.15) is 0 Å². The summed E-state index contributed by atoms with van der Waals surface area (Å²) in [6.07, 6.45) is 9.02. The van der Waals surface area contributed by atoms with E-state index in [1.54, 1.807) is 6.20 Å². The second kappa shape index (κ2) is 8.18. The molecule has 0 aliphatic carbocycles. The van der Waals surface area contributed by atoms with Crippen molar-refractivity contribution in [1.29, 1.82) is 0 Å². The van der Waals surface area contributed by atoms with Gasteiger partial charge < -0.3 is 4.79 Å². The topological polar surface area (TPSA) is 42.9 Å². The zero-order valence-corrected chi connectivity index (χ0v) is 11.0. The average Bonchev–Trinajstić information content (AvgIpc) is 2.33. The summed E-state index contributed by atoms with van der Waals surface area (Å²) in [6.45, 7) is 2.18. The van der Waals surface area contributed by atoms with Gasteiger partial charge in [-0.05, 0) is 30.5 Å². The molecule has 0 radical (unpaired) electrons. The van der Waals surface area contributed by atoms with Crippen molar-refractivity contribution in [3.63, 3.8) is 0 Å². The van der Waals surface area contributed by atoms with Crippen LogP contribution in [0.15, 0.2) is 12.3 Å². The Morgan fingerprint density at radius 1 is 1.41 bits per heavy atom.